The van der Waals surface area contributed by atoms with Crippen LogP contribution in [0.1, 0.15) is 52.4 Å². The number of rotatable bonds is 6. The van der Waals surface area contributed by atoms with E-state index in [9.17, 15) is 10.1 Å². The van der Waals surface area contributed by atoms with Crippen molar-refractivity contribution in [1.82, 2.24) is 10.2 Å². The van der Waals surface area contributed by atoms with E-state index in [-0.39, 0.29) is 11.3 Å². The summed E-state index contributed by atoms with van der Waals surface area (Å²) in [4.78, 5) is 14.2. The van der Waals surface area contributed by atoms with E-state index in [4.69, 9.17) is 5.73 Å². The van der Waals surface area contributed by atoms with E-state index in [1.54, 1.807) is 0 Å². The van der Waals surface area contributed by atoms with E-state index in [0.29, 0.717) is 13.1 Å². The maximum atomic E-state index is 12.2. The van der Waals surface area contributed by atoms with Gasteiger partial charge in [0.1, 0.15) is 5.54 Å². The highest BCUT2D eigenvalue weighted by molar-refractivity contribution is 5.79. The van der Waals surface area contributed by atoms with E-state index in [1.807, 2.05) is 11.9 Å². The van der Waals surface area contributed by atoms with Crippen molar-refractivity contribution in [3.05, 3.63) is 0 Å². The molecule has 0 aliphatic heterocycles. The number of nitrogens with two attached hydrogens (primary N) is 1. The molecule has 0 aromatic heterocycles. The Morgan fingerprint density at radius 3 is 2.38 bits per heavy atom. The van der Waals surface area contributed by atoms with Gasteiger partial charge in [0.25, 0.3) is 0 Å². The summed E-state index contributed by atoms with van der Waals surface area (Å²) in [5.41, 5.74) is 5.06. The van der Waals surface area contributed by atoms with Gasteiger partial charge in [0.2, 0.25) is 5.91 Å². The van der Waals surface area contributed by atoms with Gasteiger partial charge in [-0.05, 0) is 31.8 Å². The molecule has 0 heterocycles. The zero-order chi connectivity index (χ0) is 15.9. The molecule has 1 fully saturated rings. The number of nitrogens with zero attached hydrogens (tertiary/aromatic N) is 2. The van der Waals surface area contributed by atoms with Crippen LogP contribution in [-0.4, -0.2) is 43.0 Å². The Bertz CT molecular complexity index is 378. The third kappa shape index (κ3) is 6.03. The second kappa shape index (κ2) is 7.77. The van der Waals surface area contributed by atoms with Crippen molar-refractivity contribution in [3.8, 4) is 6.07 Å². The fourth-order valence-electron chi connectivity index (χ4n) is 3.00. The van der Waals surface area contributed by atoms with Crippen molar-refractivity contribution < 1.29 is 4.79 Å². The van der Waals surface area contributed by atoms with E-state index in [1.165, 1.54) is 0 Å². The van der Waals surface area contributed by atoms with E-state index < -0.39 is 5.54 Å². The normalized spacial score (nSPS) is 18.9. The molecule has 0 saturated heterocycles. The van der Waals surface area contributed by atoms with Crippen LogP contribution in [0.3, 0.4) is 0 Å². The molecular formula is C16H30N4O. The van der Waals surface area contributed by atoms with E-state index >= 15 is 0 Å². The minimum Gasteiger partial charge on any atom is -0.337 e. The van der Waals surface area contributed by atoms with Crippen LogP contribution < -0.4 is 11.1 Å². The van der Waals surface area contributed by atoms with Crippen LogP contribution in [0.25, 0.3) is 0 Å². The molecule has 1 rings (SSSR count). The smallest absolute Gasteiger partial charge is 0.235 e. The van der Waals surface area contributed by atoms with Crippen LogP contribution in [-0.2, 0) is 4.79 Å². The van der Waals surface area contributed by atoms with Crippen molar-refractivity contribution in [2.75, 3.05) is 26.7 Å². The van der Waals surface area contributed by atoms with Crippen molar-refractivity contribution in [2.24, 2.45) is 11.1 Å². The number of carbonyl (C=O) groups excluding carboxylic acids is 1. The molecule has 0 atom stereocenters. The van der Waals surface area contributed by atoms with Gasteiger partial charge in [-0.15, -0.1) is 0 Å². The predicted molar refractivity (Wildman–Crippen MR) is 84.5 cm³/mol. The number of nitriles is 1. The Hall–Kier alpha value is -1.12. The molecule has 1 aliphatic carbocycles. The third-order valence-electron chi connectivity index (χ3n) is 4.21. The molecule has 0 bridgehead atoms. The van der Waals surface area contributed by atoms with E-state index in [2.05, 4.69) is 25.2 Å². The summed E-state index contributed by atoms with van der Waals surface area (Å²) in [6.07, 6.45) is 5.89. The molecule has 0 spiro atoms. The van der Waals surface area contributed by atoms with Gasteiger partial charge in [-0.3, -0.25) is 9.69 Å². The predicted octanol–water partition coefficient (Wildman–Crippen LogP) is 1.64. The molecule has 120 valence electrons. The van der Waals surface area contributed by atoms with Gasteiger partial charge in [0.05, 0.1) is 12.6 Å². The molecule has 0 radical (unpaired) electrons. The molecule has 21 heavy (non-hydrogen) atoms. The number of hydrogen-bond acceptors (Lipinski definition) is 4. The van der Waals surface area contributed by atoms with Gasteiger partial charge in [0, 0.05) is 6.54 Å². The number of hydrogen-bond donors (Lipinski definition) is 2. The fourth-order valence-corrected chi connectivity index (χ4v) is 3.00. The van der Waals surface area contributed by atoms with Gasteiger partial charge in [-0.1, -0.05) is 39.5 Å². The van der Waals surface area contributed by atoms with Crippen LogP contribution in [0, 0.1) is 16.7 Å². The molecule has 5 heteroatoms. The summed E-state index contributed by atoms with van der Waals surface area (Å²) in [5, 5.41) is 12.5. The zero-order valence-electron chi connectivity index (χ0n) is 13.7. The second-order valence-corrected chi connectivity index (χ2v) is 7.20. The van der Waals surface area contributed by atoms with Crippen LogP contribution in [0.2, 0.25) is 0 Å². The lowest BCUT2D eigenvalue weighted by Gasteiger charge is -2.30. The summed E-state index contributed by atoms with van der Waals surface area (Å²) in [6, 6.07) is 2.35. The Morgan fingerprint density at radius 2 is 1.90 bits per heavy atom. The molecule has 5 nitrogen and oxygen atoms in total. The quantitative estimate of drug-likeness (QED) is 0.730. The van der Waals surface area contributed by atoms with Crippen molar-refractivity contribution in [3.63, 3.8) is 0 Å². The molecule has 0 aromatic carbocycles. The van der Waals surface area contributed by atoms with Crippen molar-refractivity contribution in [1.29, 1.82) is 5.26 Å². The monoisotopic (exact) mass is 294 g/mol. The van der Waals surface area contributed by atoms with Gasteiger partial charge in [0.15, 0.2) is 0 Å². The highest BCUT2D eigenvalue weighted by Crippen LogP contribution is 2.26. The first-order valence-electron chi connectivity index (χ1n) is 7.93. The summed E-state index contributed by atoms with van der Waals surface area (Å²) < 4.78 is 0. The Labute approximate surface area is 128 Å². The number of likely N-dealkylation sites (N-methyl/N-ethyl adjacent to an activating group) is 1. The van der Waals surface area contributed by atoms with Crippen LogP contribution in [0.4, 0.5) is 0 Å². The Balaban J connectivity index is 2.53. The summed E-state index contributed by atoms with van der Waals surface area (Å²) >= 11 is 0. The first-order valence-corrected chi connectivity index (χ1v) is 7.93. The van der Waals surface area contributed by atoms with Crippen LogP contribution >= 0.6 is 0 Å². The summed E-state index contributed by atoms with van der Waals surface area (Å²) in [6.45, 7) is 5.83. The van der Waals surface area contributed by atoms with E-state index in [0.717, 1.165) is 45.1 Å². The SMILES string of the molecule is CN(CC(=O)NC1(C#N)CCCCCC1)CC(C)(C)CN. The van der Waals surface area contributed by atoms with Gasteiger partial charge >= 0.3 is 0 Å². The maximum Gasteiger partial charge on any atom is 0.235 e. The highest BCUT2D eigenvalue weighted by atomic mass is 16.2. The number of carbonyl (C=O) groups is 1. The lowest BCUT2D eigenvalue weighted by molar-refractivity contribution is -0.123. The lowest BCUT2D eigenvalue weighted by atomic mass is 9.91. The van der Waals surface area contributed by atoms with Crippen molar-refractivity contribution in [2.45, 2.75) is 57.9 Å². The first-order chi connectivity index (χ1) is 9.82. The Morgan fingerprint density at radius 1 is 1.33 bits per heavy atom. The second-order valence-electron chi connectivity index (χ2n) is 7.20. The summed E-state index contributed by atoms with van der Waals surface area (Å²) in [5.74, 6) is -0.0613. The third-order valence-corrected chi connectivity index (χ3v) is 4.21. The lowest BCUT2D eigenvalue weighted by Crippen LogP contribution is -2.51. The number of nitrogens with one attached hydrogen (secondary N) is 1. The molecule has 1 aliphatic rings. The molecule has 1 amide bonds. The first kappa shape index (κ1) is 17.9. The molecular weight excluding hydrogens is 264 g/mol. The molecule has 1 saturated carbocycles. The fraction of sp³-hybridized carbons (Fsp3) is 0.875. The zero-order valence-corrected chi connectivity index (χ0v) is 13.7. The molecule has 0 aromatic rings. The summed E-state index contributed by atoms with van der Waals surface area (Å²) in [7, 11) is 1.92. The largest absolute Gasteiger partial charge is 0.337 e. The minimum atomic E-state index is -0.655. The van der Waals surface area contributed by atoms with Gasteiger partial charge in [-0.2, -0.15) is 5.26 Å². The molecule has 0 unspecified atom stereocenters. The Kier molecular flexibility index (Phi) is 6.63. The average Bonchev–Trinajstić information content (AvgIpc) is 2.64. The minimum absolute atomic E-state index is 0.00966. The van der Waals surface area contributed by atoms with Gasteiger partial charge in [-0.25, -0.2) is 0 Å². The van der Waals surface area contributed by atoms with Crippen molar-refractivity contribution >= 4 is 5.91 Å². The number of amides is 1. The average molecular weight is 294 g/mol. The topological polar surface area (TPSA) is 82.2 Å². The standard InChI is InChI=1S/C16H30N4O/c1-15(2,11-17)13-20(3)10-14(21)19-16(12-18)8-6-4-5-7-9-16/h4-11,13,17H2,1-3H3,(H,19,21). The van der Waals surface area contributed by atoms with Crippen LogP contribution in [0.5, 0.6) is 0 Å². The van der Waals surface area contributed by atoms with Gasteiger partial charge < -0.3 is 11.1 Å². The molecule has 3 N–H and O–H groups in total. The highest BCUT2D eigenvalue weighted by Gasteiger charge is 2.32. The van der Waals surface area contributed by atoms with Crippen LogP contribution in [0.15, 0.2) is 0 Å². The maximum absolute atomic E-state index is 12.2.